The van der Waals surface area contributed by atoms with E-state index in [0.717, 1.165) is 96.4 Å². The summed E-state index contributed by atoms with van der Waals surface area (Å²) in [4.78, 5) is 18.1. The van der Waals surface area contributed by atoms with Gasteiger partial charge < -0.3 is 31.2 Å². The van der Waals surface area contributed by atoms with Crippen molar-refractivity contribution in [1.82, 2.24) is 29.1 Å². The predicted octanol–water partition coefficient (Wildman–Crippen LogP) is 17.0. The first kappa shape index (κ1) is 52.1. The first-order chi connectivity index (χ1) is 37.8. The first-order valence-electron chi connectivity index (χ1n) is 26.0. The molecule has 0 fully saturated rings. The van der Waals surface area contributed by atoms with Crippen molar-refractivity contribution in [3.05, 3.63) is 223 Å². The fourth-order valence-electron chi connectivity index (χ4n) is 9.30. The molecule has 0 atom stereocenters. The normalized spacial score (nSPS) is 11.1. The number of aromatic nitrogens is 6. The summed E-state index contributed by atoms with van der Waals surface area (Å²) in [6, 6.07) is 63.2. The molecule has 6 aromatic carbocycles. The summed E-state index contributed by atoms with van der Waals surface area (Å²) >= 11 is 5.90. The molecule has 0 aliphatic heterocycles. The van der Waals surface area contributed by atoms with Gasteiger partial charge in [0, 0.05) is 93.1 Å². The molecule has 5 N–H and O–H groups in total. The molecule has 78 heavy (non-hydrogen) atoms. The number of benzene rings is 6. The van der Waals surface area contributed by atoms with E-state index < -0.39 is 0 Å². The average molecular weight is 1050 g/mol. The van der Waals surface area contributed by atoms with Crippen molar-refractivity contribution < 1.29 is 9.47 Å². The van der Waals surface area contributed by atoms with Crippen molar-refractivity contribution in [2.45, 2.75) is 60.5 Å². The van der Waals surface area contributed by atoms with Crippen molar-refractivity contribution >= 4 is 83.8 Å². The van der Waals surface area contributed by atoms with Crippen LogP contribution in [0.4, 0.5) is 28.6 Å². The van der Waals surface area contributed by atoms with Crippen molar-refractivity contribution in [3.8, 4) is 34.6 Å². The smallest absolute Gasteiger partial charge is 0.154 e. The van der Waals surface area contributed by atoms with Crippen molar-refractivity contribution in [1.29, 1.82) is 0 Å². The van der Waals surface area contributed by atoms with Crippen LogP contribution in [-0.4, -0.2) is 41.2 Å². The summed E-state index contributed by atoms with van der Waals surface area (Å²) in [7, 11) is 0. The predicted molar refractivity (Wildman–Crippen MR) is 323 cm³/mol. The van der Waals surface area contributed by atoms with E-state index in [4.69, 9.17) is 31.8 Å². The standard InChI is InChI=1S/C32H29N5O.C24H19N3O.C9H13ClN2/c1-21(2)34-28-17-14-22(3)35-32(28)36-23-9-8-10-24(19-23)38-25-15-16-27-26-11-4-5-12-29(26)37(30(27)20-25)31-13-6-7-18-33-31;1-16-11-12-26-24(13-16)27-22-8-3-2-7-20(22)21-10-9-19(15-23(21)27)28-18-6-4-5-17(25)14-18;1-6(2)11-8-5-4-7(3)12-9(8)10/h4-21,34H,1-3H3,(H,35,36);2-15H,25H2,1H3;4-6,11H,1-3H3. The Bertz CT molecular complexity index is 4060. The molecule has 0 saturated heterocycles. The van der Waals surface area contributed by atoms with Crippen LogP contribution in [0.5, 0.6) is 23.0 Å². The van der Waals surface area contributed by atoms with Crippen molar-refractivity contribution in [2.24, 2.45) is 0 Å². The van der Waals surface area contributed by atoms with Crippen LogP contribution in [0.3, 0.4) is 0 Å². The van der Waals surface area contributed by atoms with Crippen molar-refractivity contribution in [2.75, 3.05) is 21.7 Å². The molecule has 0 aliphatic rings. The molecule has 12 aromatic rings. The zero-order valence-electron chi connectivity index (χ0n) is 44.7. The van der Waals surface area contributed by atoms with Gasteiger partial charge in [-0.25, -0.2) is 19.9 Å². The van der Waals surface area contributed by atoms with Gasteiger partial charge in [0.2, 0.25) is 0 Å². The van der Waals surface area contributed by atoms with Crippen molar-refractivity contribution in [3.63, 3.8) is 0 Å². The molecule has 0 unspecified atom stereocenters. The van der Waals surface area contributed by atoms with E-state index in [1.54, 1.807) is 0 Å². The van der Waals surface area contributed by atoms with Gasteiger partial charge >= 0.3 is 0 Å². The quantitative estimate of drug-likeness (QED) is 0.0690. The largest absolute Gasteiger partial charge is 0.457 e. The average Bonchev–Trinajstić information content (AvgIpc) is 4.08. The number of hydrogen-bond donors (Lipinski definition) is 4. The summed E-state index contributed by atoms with van der Waals surface area (Å²) in [6.07, 6.45) is 3.67. The summed E-state index contributed by atoms with van der Waals surface area (Å²) in [5.74, 6) is 5.53. The lowest BCUT2D eigenvalue weighted by molar-refractivity contribution is 0.483. The van der Waals surface area contributed by atoms with E-state index in [2.05, 4.69) is 160 Å². The molecule has 12 rings (SSSR count). The van der Waals surface area contributed by atoms with Crippen LogP contribution in [0, 0.1) is 20.8 Å². The topological polar surface area (TPSA) is 142 Å². The minimum Gasteiger partial charge on any atom is -0.457 e. The number of aryl methyl sites for hydroxylation is 3. The van der Waals surface area contributed by atoms with E-state index >= 15 is 0 Å². The number of nitrogen functional groups attached to an aromatic ring is 1. The van der Waals surface area contributed by atoms with Gasteiger partial charge in [-0.1, -0.05) is 66.2 Å². The van der Waals surface area contributed by atoms with Crippen LogP contribution in [0.2, 0.25) is 5.15 Å². The molecule has 13 heteroatoms. The number of para-hydroxylation sites is 2. The number of nitrogens with two attached hydrogens (primary N) is 1. The molecule has 0 aliphatic carbocycles. The van der Waals surface area contributed by atoms with E-state index in [0.29, 0.717) is 22.9 Å². The highest BCUT2D eigenvalue weighted by molar-refractivity contribution is 6.32. The van der Waals surface area contributed by atoms with Crippen LogP contribution >= 0.6 is 11.6 Å². The van der Waals surface area contributed by atoms with E-state index in [1.165, 1.54) is 21.7 Å². The lowest BCUT2D eigenvalue weighted by atomic mass is 10.1. The summed E-state index contributed by atoms with van der Waals surface area (Å²) in [5, 5.41) is 15.4. The minimum absolute atomic E-state index is 0.298. The number of fused-ring (bicyclic) bond motifs is 6. The van der Waals surface area contributed by atoms with Gasteiger partial charge in [0.15, 0.2) is 11.0 Å². The maximum Gasteiger partial charge on any atom is 0.154 e. The molecular weight excluding hydrogens is 988 g/mol. The molecule has 0 saturated carbocycles. The molecule has 0 radical (unpaired) electrons. The number of anilines is 5. The third kappa shape index (κ3) is 12.0. The first-order valence-corrected chi connectivity index (χ1v) is 26.3. The Balaban J connectivity index is 0.000000150. The highest BCUT2D eigenvalue weighted by Gasteiger charge is 2.16. The molecule has 12 nitrogen and oxygen atoms in total. The zero-order chi connectivity index (χ0) is 54.3. The van der Waals surface area contributed by atoms with Gasteiger partial charge in [-0.15, -0.1) is 0 Å². The molecule has 0 bridgehead atoms. The van der Waals surface area contributed by atoms with Crippen LogP contribution in [0.1, 0.15) is 44.6 Å². The number of pyridine rings is 4. The summed E-state index contributed by atoms with van der Waals surface area (Å²) in [6.45, 7) is 14.3. The van der Waals surface area contributed by atoms with E-state index in [-0.39, 0.29) is 0 Å². The maximum atomic E-state index is 6.36. The van der Waals surface area contributed by atoms with Gasteiger partial charge in [0.25, 0.3) is 0 Å². The Morgan fingerprint density at radius 2 is 1.00 bits per heavy atom. The second-order valence-electron chi connectivity index (χ2n) is 19.6. The fraction of sp³-hybridized carbons (Fsp3) is 0.138. The minimum atomic E-state index is 0.298. The Labute approximate surface area is 459 Å². The second-order valence-corrected chi connectivity index (χ2v) is 20.0. The SMILES string of the molecule is Cc1ccc(NC(C)C)c(Cl)n1.Cc1ccc(NC(C)C)c(Nc2cccc(Oc3ccc4c5ccccc5n(-c5ccccn5)c4c3)c2)n1.Cc1ccnc(-n2c3ccccc3c3ccc(Oc4cccc(N)c4)cc32)c1. The Morgan fingerprint density at radius 1 is 0.462 bits per heavy atom. The lowest BCUT2D eigenvalue weighted by Gasteiger charge is -2.16. The van der Waals surface area contributed by atoms with Crippen LogP contribution in [0.15, 0.2) is 200 Å². The Morgan fingerprint density at radius 3 is 1.60 bits per heavy atom. The molecule has 6 heterocycles. The summed E-state index contributed by atoms with van der Waals surface area (Å²) < 4.78 is 16.8. The Hall–Kier alpha value is -9.39. The molecule has 0 amide bonds. The monoisotopic (exact) mass is 1050 g/mol. The van der Waals surface area contributed by atoms with Crippen LogP contribution in [-0.2, 0) is 0 Å². The van der Waals surface area contributed by atoms with Crippen LogP contribution < -0.4 is 31.2 Å². The highest BCUT2D eigenvalue weighted by atomic mass is 35.5. The number of rotatable bonds is 12. The molecular formula is C65H61ClN10O2. The molecule has 390 valence electrons. The third-order valence-corrected chi connectivity index (χ3v) is 12.9. The van der Waals surface area contributed by atoms with Gasteiger partial charge in [0.05, 0.1) is 33.4 Å². The number of nitrogens with one attached hydrogen (secondary N) is 3. The molecule has 6 aromatic heterocycles. The zero-order valence-corrected chi connectivity index (χ0v) is 45.4. The number of halogens is 1. The highest BCUT2D eigenvalue weighted by Crippen LogP contribution is 2.37. The number of nitrogens with zero attached hydrogens (tertiary/aromatic N) is 6. The van der Waals surface area contributed by atoms with Gasteiger partial charge in [-0.3, -0.25) is 9.13 Å². The van der Waals surface area contributed by atoms with E-state index in [1.807, 2.05) is 129 Å². The third-order valence-electron chi connectivity index (χ3n) is 12.6. The van der Waals surface area contributed by atoms with E-state index in [9.17, 15) is 0 Å². The number of ether oxygens (including phenoxy) is 2. The second kappa shape index (κ2) is 23.2. The Kier molecular flexibility index (Phi) is 15.5. The maximum absolute atomic E-state index is 6.36. The lowest BCUT2D eigenvalue weighted by Crippen LogP contribution is -2.12. The molecule has 0 spiro atoms. The summed E-state index contributed by atoms with van der Waals surface area (Å²) in [5.41, 5.74) is 16.7. The van der Waals surface area contributed by atoms with Gasteiger partial charge in [-0.05, 0) is 163 Å². The van der Waals surface area contributed by atoms with Gasteiger partial charge in [0.1, 0.15) is 34.6 Å². The number of hydrogen-bond acceptors (Lipinski definition) is 10. The van der Waals surface area contributed by atoms with Gasteiger partial charge in [-0.2, -0.15) is 0 Å². The fourth-order valence-corrected chi connectivity index (χ4v) is 9.55. The van der Waals surface area contributed by atoms with Crippen LogP contribution in [0.25, 0.3) is 55.2 Å².